The number of Topliss-reactive ketones (excluding diaryl/α,β-unsaturated/α-hetero) is 1. The zero-order chi connectivity index (χ0) is 20.0. The zero-order valence-corrected chi connectivity index (χ0v) is 16.3. The van der Waals surface area contributed by atoms with E-state index in [1.54, 1.807) is 36.4 Å². The number of ketones is 1. The molecule has 0 fully saturated rings. The lowest BCUT2D eigenvalue weighted by Gasteiger charge is -2.09. The molecular formula is C20H22N2O4S. The van der Waals surface area contributed by atoms with Crippen molar-refractivity contribution in [3.05, 3.63) is 63.7 Å². The Morgan fingerprint density at radius 2 is 1.89 bits per heavy atom. The Labute approximate surface area is 162 Å². The summed E-state index contributed by atoms with van der Waals surface area (Å²) in [5, 5.41) is 14.1. The maximum absolute atomic E-state index is 12.5. The van der Waals surface area contributed by atoms with Gasteiger partial charge in [-0.3, -0.25) is 19.7 Å². The van der Waals surface area contributed by atoms with Gasteiger partial charge in [0.25, 0.3) is 11.6 Å². The predicted molar refractivity (Wildman–Crippen MR) is 108 cm³/mol. The van der Waals surface area contributed by atoms with Gasteiger partial charge in [0.05, 0.1) is 9.82 Å². The molecule has 2 aromatic carbocycles. The van der Waals surface area contributed by atoms with Crippen LogP contribution in [-0.4, -0.2) is 22.4 Å². The number of nitro groups is 1. The summed E-state index contributed by atoms with van der Waals surface area (Å²) < 4.78 is 0. The summed E-state index contributed by atoms with van der Waals surface area (Å²) in [6.45, 7) is 5.65. The summed E-state index contributed by atoms with van der Waals surface area (Å²) in [7, 11) is 0. The second-order valence-corrected chi connectivity index (χ2v) is 7.70. The fourth-order valence-electron chi connectivity index (χ4n) is 2.35. The van der Waals surface area contributed by atoms with Gasteiger partial charge in [-0.15, -0.1) is 11.8 Å². The van der Waals surface area contributed by atoms with E-state index in [-0.39, 0.29) is 17.0 Å². The average molecular weight is 386 g/mol. The number of carbonyl (C=O) groups excluding carboxylic acids is 2. The lowest BCUT2D eigenvalue weighted by Crippen LogP contribution is -2.12. The lowest BCUT2D eigenvalue weighted by molar-refractivity contribution is -0.387. The largest absolute Gasteiger partial charge is 0.322 e. The Morgan fingerprint density at radius 3 is 2.52 bits per heavy atom. The van der Waals surface area contributed by atoms with Crippen molar-refractivity contribution in [1.29, 1.82) is 0 Å². The van der Waals surface area contributed by atoms with Crippen molar-refractivity contribution in [3.8, 4) is 0 Å². The molecule has 1 amide bonds. The van der Waals surface area contributed by atoms with E-state index in [0.717, 1.165) is 12.2 Å². The van der Waals surface area contributed by atoms with Gasteiger partial charge in [0.1, 0.15) is 0 Å². The summed E-state index contributed by atoms with van der Waals surface area (Å²) >= 11 is 1.42. The van der Waals surface area contributed by atoms with Gasteiger partial charge in [-0.25, -0.2) is 0 Å². The van der Waals surface area contributed by atoms with Gasteiger partial charge in [-0.1, -0.05) is 26.0 Å². The molecule has 0 spiro atoms. The standard InChI is InChI=1S/C20H22N2O4S/c1-13(2)9-10-27-19-8-7-16(12-18(19)22(25)26)20(24)21-17-6-4-5-15(11-17)14(3)23/h4-8,11-13H,9-10H2,1-3H3,(H,21,24). The molecule has 0 atom stereocenters. The number of carbonyl (C=O) groups is 2. The number of thioether (sulfide) groups is 1. The number of nitrogens with one attached hydrogen (secondary N) is 1. The molecule has 0 saturated carbocycles. The molecule has 0 bridgehead atoms. The van der Waals surface area contributed by atoms with Crippen LogP contribution in [0, 0.1) is 16.0 Å². The first kappa shape index (κ1) is 20.6. The van der Waals surface area contributed by atoms with Crippen LogP contribution in [0.2, 0.25) is 0 Å². The SMILES string of the molecule is CC(=O)c1cccc(NC(=O)c2ccc(SCCC(C)C)c([N+](=O)[O-])c2)c1. The van der Waals surface area contributed by atoms with Crippen LogP contribution >= 0.6 is 11.8 Å². The highest BCUT2D eigenvalue weighted by molar-refractivity contribution is 7.99. The first-order chi connectivity index (χ1) is 12.8. The van der Waals surface area contributed by atoms with Crippen molar-refractivity contribution >= 4 is 34.8 Å². The molecule has 0 heterocycles. The highest BCUT2D eigenvalue weighted by Crippen LogP contribution is 2.31. The van der Waals surface area contributed by atoms with Gasteiger partial charge in [0.15, 0.2) is 5.78 Å². The van der Waals surface area contributed by atoms with Crippen LogP contribution in [0.5, 0.6) is 0 Å². The molecule has 0 saturated heterocycles. The second-order valence-electron chi connectivity index (χ2n) is 6.56. The molecule has 0 aliphatic rings. The van der Waals surface area contributed by atoms with Crippen LogP contribution < -0.4 is 5.32 Å². The van der Waals surface area contributed by atoms with Crippen LogP contribution in [-0.2, 0) is 0 Å². The van der Waals surface area contributed by atoms with E-state index in [0.29, 0.717) is 22.1 Å². The van der Waals surface area contributed by atoms with Crippen molar-refractivity contribution in [2.75, 3.05) is 11.1 Å². The Kier molecular flexibility index (Phi) is 7.12. The Morgan fingerprint density at radius 1 is 1.15 bits per heavy atom. The topological polar surface area (TPSA) is 89.3 Å². The molecular weight excluding hydrogens is 364 g/mol. The van der Waals surface area contributed by atoms with Crippen LogP contribution in [0.15, 0.2) is 47.4 Å². The van der Waals surface area contributed by atoms with Gasteiger partial charge in [0.2, 0.25) is 0 Å². The Balaban J connectivity index is 2.18. The fraction of sp³-hybridized carbons (Fsp3) is 0.300. The number of benzene rings is 2. The maximum Gasteiger partial charge on any atom is 0.283 e. The van der Waals surface area contributed by atoms with E-state index in [2.05, 4.69) is 19.2 Å². The smallest absolute Gasteiger partial charge is 0.283 e. The number of hydrogen-bond acceptors (Lipinski definition) is 5. The molecule has 7 heteroatoms. The number of nitrogens with zero attached hydrogens (tertiary/aromatic N) is 1. The molecule has 6 nitrogen and oxygen atoms in total. The van der Waals surface area contributed by atoms with E-state index >= 15 is 0 Å². The minimum absolute atomic E-state index is 0.0751. The fourth-order valence-corrected chi connectivity index (χ4v) is 3.60. The quantitative estimate of drug-likeness (QED) is 0.292. The van der Waals surface area contributed by atoms with Crippen LogP contribution in [0.25, 0.3) is 0 Å². The minimum Gasteiger partial charge on any atom is -0.322 e. The summed E-state index contributed by atoms with van der Waals surface area (Å²) in [6, 6.07) is 11.1. The van der Waals surface area contributed by atoms with Gasteiger partial charge in [0, 0.05) is 22.9 Å². The zero-order valence-electron chi connectivity index (χ0n) is 15.5. The highest BCUT2D eigenvalue weighted by atomic mass is 32.2. The van der Waals surface area contributed by atoms with E-state index in [1.165, 1.54) is 24.8 Å². The summed E-state index contributed by atoms with van der Waals surface area (Å²) in [6.07, 6.45) is 0.955. The Hall–Kier alpha value is -2.67. The third kappa shape index (κ3) is 5.92. The van der Waals surface area contributed by atoms with Crippen LogP contribution in [0.1, 0.15) is 47.9 Å². The molecule has 2 rings (SSSR count). The first-order valence-corrected chi connectivity index (χ1v) is 9.60. The van der Waals surface area contributed by atoms with E-state index in [1.807, 2.05) is 0 Å². The summed E-state index contributed by atoms with van der Waals surface area (Å²) in [5.41, 5.74) is 1.07. The molecule has 0 unspecified atom stereocenters. The third-order valence-electron chi connectivity index (χ3n) is 3.90. The number of anilines is 1. The lowest BCUT2D eigenvalue weighted by atomic mass is 10.1. The summed E-state index contributed by atoms with van der Waals surface area (Å²) in [5.74, 6) is 0.733. The molecule has 0 aromatic heterocycles. The first-order valence-electron chi connectivity index (χ1n) is 8.61. The van der Waals surface area contributed by atoms with Crippen molar-refractivity contribution < 1.29 is 14.5 Å². The van der Waals surface area contributed by atoms with E-state index in [4.69, 9.17) is 0 Å². The van der Waals surface area contributed by atoms with Gasteiger partial charge in [-0.2, -0.15) is 0 Å². The molecule has 1 N–H and O–H groups in total. The van der Waals surface area contributed by atoms with E-state index < -0.39 is 10.8 Å². The monoisotopic (exact) mass is 386 g/mol. The van der Waals surface area contributed by atoms with Crippen molar-refractivity contribution in [2.45, 2.75) is 32.1 Å². The van der Waals surface area contributed by atoms with Crippen LogP contribution in [0.3, 0.4) is 0 Å². The third-order valence-corrected chi connectivity index (χ3v) is 4.99. The second kappa shape index (κ2) is 9.32. The van der Waals surface area contributed by atoms with Gasteiger partial charge in [-0.05, 0) is 49.3 Å². The highest BCUT2D eigenvalue weighted by Gasteiger charge is 2.18. The number of nitro benzene ring substituents is 1. The average Bonchev–Trinajstić information content (AvgIpc) is 2.61. The van der Waals surface area contributed by atoms with E-state index in [9.17, 15) is 19.7 Å². The molecule has 0 aliphatic carbocycles. The molecule has 27 heavy (non-hydrogen) atoms. The normalized spacial score (nSPS) is 10.7. The number of hydrogen-bond donors (Lipinski definition) is 1. The molecule has 0 radical (unpaired) electrons. The van der Waals surface area contributed by atoms with Crippen molar-refractivity contribution in [1.82, 2.24) is 0 Å². The van der Waals surface area contributed by atoms with Gasteiger partial charge >= 0.3 is 0 Å². The number of amides is 1. The summed E-state index contributed by atoms with van der Waals surface area (Å²) in [4.78, 5) is 35.4. The molecule has 0 aliphatic heterocycles. The van der Waals surface area contributed by atoms with Crippen LogP contribution in [0.4, 0.5) is 11.4 Å². The van der Waals surface area contributed by atoms with Crippen molar-refractivity contribution in [2.24, 2.45) is 5.92 Å². The van der Waals surface area contributed by atoms with Gasteiger partial charge < -0.3 is 5.32 Å². The molecule has 142 valence electrons. The Bertz CT molecular complexity index is 865. The van der Waals surface area contributed by atoms with Crippen molar-refractivity contribution in [3.63, 3.8) is 0 Å². The maximum atomic E-state index is 12.5. The number of rotatable bonds is 8. The predicted octanol–water partition coefficient (Wildman–Crippen LogP) is 5.19. The molecule has 2 aromatic rings. The minimum atomic E-state index is -0.467.